The van der Waals surface area contributed by atoms with Gasteiger partial charge in [-0.2, -0.15) is 0 Å². The van der Waals surface area contributed by atoms with E-state index in [9.17, 15) is 0 Å². The first-order valence-corrected chi connectivity index (χ1v) is 9.62. The monoisotopic (exact) mass is 483 g/mol. The number of nitrogens with one attached hydrogen (secondary N) is 2. The molecule has 3 heterocycles. The van der Waals surface area contributed by atoms with Gasteiger partial charge in [-0.1, -0.05) is 13.0 Å². The average molecular weight is 483 g/mol. The van der Waals surface area contributed by atoms with Gasteiger partial charge in [-0.15, -0.1) is 35.3 Å². The van der Waals surface area contributed by atoms with Crippen molar-refractivity contribution < 1.29 is 0 Å². The number of hydrogen-bond donors (Lipinski definition) is 2. The van der Waals surface area contributed by atoms with E-state index in [-0.39, 0.29) is 24.0 Å². The topological polar surface area (TPSA) is 53.7 Å². The number of imidazole rings is 1. The van der Waals surface area contributed by atoms with Crippen LogP contribution in [0.3, 0.4) is 0 Å². The van der Waals surface area contributed by atoms with Crippen LogP contribution in [0.4, 0.5) is 0 Å². The van der Waals surface area contributed by atoms with Gasteiger partial charge >= 0.3 is 0 Å². The average Bonchev–Trinajstić information content (AvgIpc) is 3.25. The van der Waals surface area contributed by atoms with Crippen LogP contribution in [0.1, 0.15) is 29.3 Å². The van der Waals surface area contributed by atoms with Crippen molar-refractivity contribution in [2.75, 3.05) is 13.1 Å². The molecule has 0 aromatic carbocycles. The molecule has 3 aromatic heterocycles. The van der Waals surface area contributed by atoms with Gasteiger partial charge in [0, 0.05) is 41.7 Å². The maximum absolute atomic E-state index is 4.68. The Bertz CT molecular complexity index is 806. The number of rotatable bonds is 7. The minimum atomic E-state index is 0. The van der Waals surface area contributed by atoms with Gasteiger partial charge in [-0.25, -0.2) is 9.98 Å². The third-order valence-corrected chi connectivity index (χ3v) is 5.10. The Labute approximate surface area is 176 Å². The van der Waals surface area contributed by atoms with Gasteiger partial charge in [-0.05, 0) is 37.6 Å². The number of fused-ring (bicyclic) bond motifs is 1. The van der Waals surface area contributed by atoms with Crippen LogP contribution in [0.2, 0.25) is 0 Å². The number of guanidine groups is 1. The van der Waals surface area contributed by atoms with E-state index < -0.39 is 0 Å². The SMILES string of the molecule is CCNC(=NCc1ccc(CC)s1)NCCc1cn2ccccc2n1.I. The van der Waals surface area contributed by atoms with E-state index in [1.54, 1.807) is 0 Å². The lowest BCUT2D eigenvalue weighted by atomic mass is 10.3. The number of hydrogen-bond acceptors (Lipinski definition) is 3. The molecule has 0 saturated heterocycles. The zero-order valence-electron chi connectivity index (χ0n) is 15.2. The van der Waals surface area contributed by atoms with Crippen molar-refractivity contribution in [2.24, 2.45) is 4.99 Å². The third-order valence-electron chi connectivity index (χ3n) is 3.89. The molecular weight excluding hydrogens is 457 g/mol. The number of aryl methyl sites for hydroxylation is 1. The Hall–Kier alpha value is -1.61. The second-order valence-corrected chi connectivity index (χ2v) is 7.04. The molecule has 7 heteroatoms. The molecule has 0 radical (unpaired) electrons. The quantitative estimate of drug-likeness (QED) is 0.305. The van der Waals surface area contributed by atoms with E-state index in [1.165, 1.54) is 9.75 Å². The summed E-state index contributed by atoms with van der Waals surface area (Å²) in [6.45, 7) is 6.64. The molecule has 0 bridgehead atoms. The van der Waals surface area contributed by atoms with E-state index in [0.29, 0.717) is 6.54 Å². The standard InChI is InChI=1S/C19H25N5S.HI/c1-3-16-8-9-17(25-16)13-22-19(20-4-2)21-11-10-15-14-24-12-6-5-7-18(24)23-15;/h5-9,12,14H,3-4,10-11,13H2,1-2H3,(H2,20,21,22);1H. The summed E-state index contributed by atoms with van der Waals surface area (Å²) >= 11 is 1.84. The van der Waals surface area contributed by atoms with Crippen LogP contribution in [-0.2, 0) is 19.4 Å². The van der Waals surface area contributed by atoms with Crippen LogP contribution in [0.5, 0.6) is 0 Å². The lowest BCUT2D eigenvalue weighted by Gasteiger charge is -2.10. The predicted octanol–water partition coefficient (Wildman–Crippen LogP) is 3.87. The second kappa shape index (κ2) is 10.5. The number of halogens is 1. The van der Waals surface area contributed by atoms with Crippen molar-refractivity contribution in [1.82, 2.24) is 20.0 Å². The Kier molecular flexibility index (Phi) is 8.37. The highest BCUT2D eigenvalue weighted by Gasteiger charge is 2.03. The highest BCUT2D eigenvalue weighted by Crippen LogP contribution is 2.17. The highest BCUT2D eigenvalue weighted by atomic mass is 127. The van der Waals surface area contributed by atoms with E-state index in [4.69, 9.17) is 0 Å². The normalized spacial score (nSPS) is 11.4. The summed E-state index contributed by atoms with van der Waals surface area (Å²) in [5.41, 5.74) is 2.07. The van der Waals surface area contributed by atoms with E-state index in [2.05, 4.69) is 57.2 Å². The number of pyridine rings is 1. The molecule has 5 nitrogen and oxygen atoms in total. The van der Waals surface area contributed by atoms with Gasteiger partial charge in [0.2, 0.25) is 0 Å². The van der Waals surface area contributed by atoms with Crippen molar-refractivity contribution in [2.45, 2.75) is 33.2 Å². The molecule has 0 fully saturated rings. The zero-order valence-corrected chi connectivity index (χ0v) is 18.4. The minimum Gasteiger partial charge on any atom is -0.357 e. The summed E-state index contributed by atoms with van der Waals surface area (Å²) in [5.74, 6) is 0.859. The summed E-state index contributed by atoms with van der Waals surface area (Å²) in [5, 5.41) is 6.70. The van der Waals surface area contributed by atoms with Gasteiger partial charge in [0.25, 0.3) is 0 Å². The van der Waals surface area contributed by atoms with Crippen LogP contribution < -0.4 is 10.6 Å². The molecule has 140 valence electrons. The number of aromatic nitrogens is 2. The van der Waals surface area contributed by atoms with Crippen LogP contribution in [0, 0.1) is 0 Å². The smallest absolute Gasteiger partial charge is 0.191 e. The first kappa shape index (κ1) is 20.7. The van der Waals surface area contributed by atoms with Crippen molar-refractivity contribution in [3.8, 4) is 0 Å². The van der Waals surface area contributed by atoms with Crippen molar-refractivity contribution in [1.29, 1.82) is 0 Å². The fraction of sp³-hybridized carbons (Fsp3) is 0.368. The number of thiophene rings is 1. The molecule has 0 aliphatic carbocycles. The van der Waals surface area contributed by atoms with Crippen LogP contribution in [0.15, 0.2) is 47.7 Å². The van der Waals surface area contributed by atoms with Crippen molar-refractivity contribution in [3.05, 3.63) is 58.2 Å². The lowest BCUT2D eigenvalue weighted by Crippen LogP contribution is -2.38. The van der Waals surface area contributed by atoms with Gasteiger partial charge < -0.3 is 15.0 Å². The highest BCUT2D eigenvalue weighted by molar-refractivity contribution is 14.0. The maximum Gasteiger partial charge on any atom is 0.191 e. The first-order chi connectivity index (χ1) is 12.3. The molecule has 0 aliphatic rings. The van der Waals surface area contributed by atoms with Gasteiger partial charge in [-0.3, -0.25) is 0 Å². The molecule has 2 N–H and O–H groups in total. The number of nitrogens with zero attached hydrogens (tertiary/aromatic N) is 3. The Balaban J connectivity index is 0.00000243. The number of aliphatic imine (C=N–C) groups is 1. The van der Waals surface area contributed by atoms with Crippen molar-refractivity contribution >= 4 is 46.9 Å². The largest absolute Gasteiger partial charge is 0.357 e. The second-order valence-electron chi connectivity index (χ2n) is 5.79. The maximum atomic E-state index is 4.68. The molecule has 0 aliphatic heterocycles. The van der Waals surface area contributed by atoms with Gasteiger partial charge in [0.1, 0.15) is 5.65 Å². The van der Waals surface area contributed by atoms with Crippen LogP contribution in [0.25, 0.3) is 5.65 Å². The first-order valence-electron chi connectivity index (χ1n) is 8.81. The predicted molar refractivity (Wildman–Crippen MR) is 121 cm³/mol. The van der Waals surface area contributed by atoms with Crippen molar-refractivity contribution in [3.63, 3.8) is 0 Å². The zero-order chi connectivity index (χ0) is 17.5. The van der Waals surface area contributed by atoms with Gasteiger partial charge in [0.05, 0.1) is 12.2 Å². The minimum absolute atomic E-state index is 0. The summed E-state index contributed by atoms with van der Waals surface area (Å²) in [7, 11) is 0. The summed E-state index contributed by atoms with van der Waals surface area (Å²) in [6, 6.07) is 10.4. The molecule has 0 amide bonds. The van der Waals surface area contributed by atoms with E-state index in [0.717, 1.165) is 43.2 Å². The molecule has 0 spiro atoms. The van der Waals surface area contributed by atoms with Gasteiger partial charge in [0.15, 0.2) is 5.96 Å². The molecular formula is C19H26IN5S. The molecule has 0 saturated carbocycles. The molecule has 26 heavy (non-hydrogen) atoms. The molecule has 0 unspecified atom stereocenters. The fourth-order valence-corrected chi connectivity index (χ4v) is 3.50. The Morgan fingerprint density at radius 1 is 1.15 bits per heavy atom. The van der Waals surface area contributed by atoms with E-state index in [1.807, 2.05) is 35.7 Å². The summed E-state index contributed by atoms with van der Waals surface area (Å²) in [4.78, 5) is 12.0. The molecule has 3 aromatic rings. The Morgan fingerprint density at radius 2 is 2.00 bits per heavy atom. The Morgan fingerprint density at radius 3 is 2.73 bits per heavy atom. The lowest BCUT2D eigenvalue weighted by molar-refractivity contribution is 0.792. The van der Waals surface area contributed by atoms with E-state index >= 15 is 0 Å². The fourth-order valence-electron chi connectivity index (χ4n) is 2.61. The van der Waals surface area contributed by atoms with Crippen LogP contribution in [-0.4, -0.2) is 28.4 Å². The summed E-state index contributed by atoms with van der Waals surface area (Å²) in [6.07, 6.45) is 6.06. The molecule has 0 atom stereocenters. The van der Waals surface area contributed by atoms with Crippen LogP contribution >= 0.6 is 35.3 Å². The summed E-state index contributed by atoms with van der Waals surface area (Å²) < 4.78 is 2.05. The third kappa shape index (κ3) is 5.70. The molecule has 3 rings (SSSR count).